The first-order chi connectivity index (χ1) is 29.8. The zero-order valence-electron chi connectivity index (χ0n) is 32.8. The summed E-state index contributed by atoms with van der Waals surface area (Å²) < 4.78 is 0. The van der Waals surface area contributed by atoms with E-state index in [2.05, 4.69) is 313 Å². The topological polar surface area (TPSA) is 0 Å². The van der Waals surface area contributed by atoms with Crippen LogP contribution in [0.2, 0.25) is 0 Å². The smallest absolute Gasteiger partial charge is 0.0220 e. The normalized spacial score (nSPS) is 10.6. The van der Waals surface area contributed by atoms with Gasteiger partial charge in [0.25, 0.3) is 0 Å². The molecule has 0 amide bonds. The van der Waals surface area contributed by atoms with Gasteiger partial charge < -0.3 is 0 Å². The van der Waals surface area contributed by atoms with E-state index >= 15 is 0 Å². The van der Waals surface area contributed by atoms with Crippen molar-refractivity contribution in [1.82, 2.24) is 0 Å². The van der Waals surface area contributed by atoms with Crippen molar-refractivity contribution in [2.75, 3.05) is 12.3 Å². The number of halogens is 2. The van der Waals surface area contributed by atoms with Crippen LogP contribution < -0.4 is 42.4 Å². The van der Waals surface area contributed by atoms with E-state index in [1.54, 1.807) is 0 Å². The van der Waals surface area contributed by atoms with Crippen molar-refractivity contribution >= 4 is 97.1 Å². The number of hydrogen-bond acceptors (Lipinski definition) is 0. The second-order valence-electron chi connectivity index (χ2n) is 13.0. The first-order valence-corrected chi connectivity index (χ1v) is 30.7. The van der Waals surface area contributed by atoms with Crippen LogP contribution in [0.15, 0.2) is 243 Å². The molecule has 0 aliphatic carbocycles. The van der Waals surface area contributed by atoms with Crippen LogP contribution in [0.1, 0.15) is 0 Å². The minimum atomic E-state index is -0.473. The van der Waals surface area contributed by atoms with Gasteiger partial charge in [-0.15, -0.1) is 12.3 Å². The maximum Gasteiger partial charge on any atom is -0.0220 e. The Hall–Kier alpha value is -2.43. The molecule has 0 radical (unpaired) electrons. The van der Waals surface area contributed by atoms with Gasteiger partial charge in [-0.05, 0) is 21.2 Å². The molecule has 0 aliphatic rings. The molecule has 0 atom stereocenters. The van der Waals surface area contributed by atoms with Gasteiger partial charge in [-0.3, -0.25) is 12.3 Å². The van der Waals surface area contributed by atoms with Crippen LogP contribution in [0.3, 0.4) is 0 Å². The molecule has 0 heterocycles. The molecule has 308 valence electrons. The molecule has 0 saturated heterocycles. The van der Waals surface area contributed by atoms with E-state index in [9.17, 15) is 0 Å². The first kappa shape index (κ1) is 48.6. The molecule has 0 fully saturated rings. The Morgan fingerprint density at radius 3 is 0.600 bits per heavy atom. The van der Waals surface area contributed by atoms with Crippen molar-refractivity contribution in [2.45, 2.75) is 0 Å². The third-order valence-electron chi connectivity index (χ3n) is 9.30. The van der Waals surface area contributed by atoms with E-state index in [4.69, 9.17) is 0 Å². The van der Waals surface area contributed by atoms with Crippen molar-refractivity contribution in [3.8, 4) is 0 Å². The fourth-order valence-electron chi connectivity index (χ4n) is 6.55. The zero-order valence-corrected chi connectivity index (χ0v) is 41.9. The van der Waals surface area contributed by atoms with Crippen LogP contribution in [0, 0.1) is 12.3 Å². The molecule has 8 aromatic rings. The van der Waals surface area contributed by atoms with Crippen LogP contribution in [0.5, 0.6) is 0 Å². The van der Waals surface area contributed by atoms with E-state index < -0.39 is 31.7 Å². The van der Waals surface area contributed by atoms with E-state index in [1.807, 2.05) is 0 Å². The van der Waals surface area contributed by atoms with Gasteiger partial charge in [0.15, 0.2) is 0 Å². The van der Waals surface area contributed by atoms with E-state index in [1.165, 1.54) is 42.4 Å². The van der Waals surface area contributed by atoms with Gasteiger partial charge in [0.1, 0.15) is 0 Å². The summed E-state index contributed by atoms with van der Waals surface area (Å²) in [4.78, 5) is 0. The van der Waals surface area contributed by atoms with Crippen molar-refractivity contribution in [3.05, 3.63) is 255 Å². The molecule has 0 N–H and O–H groups in total. The summed E-state index contributed by atoms with van der Waals surface area (Å²) in [6.07, 6.45) is 7.31. The van der Waals surface area contributed by atoms with Crippen molar-refractivity contribution in [3.63, 3.8) is 0 Å². The molecule has 8 aromatic carbocycles. The van der Waals surface area contributed by atoms with Crippen molar-refractivity contribution in [2.24, 2.45) is 0 Å². The average Bonchev–Trinajstić information content (AvgIpc) is 3.35. The monoisotopic (exact) mass is 1120 g/mol. The van der Waals surface area contributed by atoms with E-state index in [0.29, 0.717) is 0 Å². The van der Waals surface area contributed by atoms with Gasteiger partial charge in [-0.2, -0.15) is 0 Å². The van der Waals surface area contributed by atoms with Crippen LogP contribution in [0.25, 0.3) is 0 Å². The summed E-state index contributed by atoms with van der Waals surface area (Å²) in [6, 6.07) is 87.6. The Labute approximate surface area is 396 Å². The largest absolute Gasteiger partial charge is 0.289 e. The van der Waals surface area contributed by atoms with Gasteiger partial charge in [-0.1, -0.05) is 280 Å². The molecule has 0 nitrogen and oxygen atoms in total. The Bertz CT molecular complexity index is 1780. The molecule has 0 unspecified atom stereocenters. The maximum atomic E-state index is 4.49. The standard InChI is InChI=1S/2C26H23P2.BrH.ClH.2Pd/c2*1-5-13-23(14-6-1)27(24-15-7-2-8-16-24)21-22-28(25-17-9-3-10-18-25)26-19-11-4-12-20-26;;;;/h2*1-21H,22H2;2*1H;;/q2*-1;;;2*+2/p-2. The third kappa shape index (κ3) is 15.4. The van der Waals surface area contributed by atoms with Crippen LogP contribution >= 0.6 is 54.6 Å². The minimum Gasteiger partial charge on any atom is -0.289 e. The summed E-state index contributed by atoms with van der Waals surface area (Å²) >= 11 is 7.57. The summed E-state index contributed by atoms with van der Waals surface area (Å²) in [6.45, 7) is 0. The molecule has 0 saturated carbocycles. The van der Waals surface area contributed by atoms with E-state index in [-0.39, 0.29) is 0 Å². The molecular weight excluding hydrogens is 1080 g/mol. The predicted molar refractivity (Wildman–Crippen MR) is 269 cm³/mol. The van der Waals surface area contributed by atoms with E-state index in [0.717, 1.165) is 12.3 Å². The summed E-state index contributed by atoms with van der Waals surface area (Å²) in [5, 5.41) is 11.4. The molecule has 60 heavy (non-hydrogen) atoms. The van der Waals surface area contributed by atoms with Gasteiger partial charge in [0.2, 0.25) is 0 Å². The fraction of sp³-hybridized carbons (Fsp3) is 0.0385. The van der Waals surface area contributed by atoms with Crippen LogP contribution in [0.4, 0.5) is 0 Å². The predicted octanol–water partition coefficient (Wildman–Crippen LogP) is 12.4. The average molecular weight is 1120 g/mol. The summed E-state index contributed by atoms with van der Waals surface area (Å²) in [7, 11) is 2.74. The summed E-state index contributed by atoms with van der Waals surface area (Å²) in [5.41, 5.74) is 0. The van der Waals surface area contributed by atoms with Gasteiger partial charge in [-0.25, -0.2) is 15.8 Å². The Morgan fingerprint density at radius 1 is 0.283 bits per heavy atom. The maximum absolute atomic E-state index is 4.49. The minimum absolute atomic E-state index is 0.403. The SMILES string of the molecule is [Br][Pd+].[Cl][Pd+].c1ccc(P([CH-]CP(c2ccccc2)c2ccccc2)c2ccccc2)cc1.c1ccc(P([CH-]CP(c2ccccc2)c2ccccc2)c2ccccc2)cc1. The second kappa shape index (κ2) is 29.0. The Kier molecular flexibility index (Phi) is 23.5. The number of benzene rings is 8. The molecule has 8 rings (SSSR count). The third-order valence-corrected chi connectivity index (χ3v) is 19.2. The fourth-order valence-corrected chi connectivity index (χ4v) is 16.1. The number of hydrogen-bond donors (Lipinski definition) is 0. The molecule has 0 bridgehead atoms. The molecule has 8 heteroatoms. The first-order valence-electron chi connectivity index (χ1n) is 19.3. The van der Waals surface area contributed by atoms with Gasteiger partial charge >= 0.3 is 58.3 Å². The summed E-state index contributed by atoms with van der Waals surface area (Å²) in [5.74, 6) is 0. The quantitative estimate of drug-likeness (QED) is 0.0578. The van der Waals surface area contributed by atoms with Gasteiger partial charge in [0, 0.05) is 0 Å². The molecule has 0 aliphatic heterocycles. The van der Waals surface area contributed by atoms with Gasteiger partial charge in [0.05, 0.1) is 0 Å². The molecule has 0 aromatic heterocycles. The van der Waals surface area contributed by atoms with Crippen LogP contribution in [-0.4, -0.2) is 12.3 Å². The van der Waals surface area contributed by atoms with Crippen LogP contribution in [-0.2, 0) is 35.4 Å². The Morgan fingerprint density at radius 2 is 0.433 bits per heavy atom. The molecule has 0 spiro atoms. The molecular formula is C52H46BrClP4Pd2. The second-order valence-corrected chi connectivity index (χ2v) is 21.8. The Balaban J connectivity index is 0.000000210. The zero-order chi connectivity index (χ0) is 42.0. The van der Waals surface area contributed by atoms with Crippen molar-refractivity contribution in [1.29, 1.82) is 0 Å². The number of rotatable bonds is 14. The van der Waals surface area contributed by atoms with Crippen molar-refractivity contribution < 1.29 is 35.4 Å².